The van der Waals surface area contributed by atoms with Crippen molar-refractivity contribution >= 4 is 44.9 Å². The molecule has 1 N–H and O–H groups in total. The minimum atomic E-state index is 0.162. The minimum Gasteiger partial charge on any atom is -0.326 e. The van der Waals surface area contributed by atoms with Crippen LogP contribution in [-0.2, 0) is 4.79 Å². The molecule has 1 aromatic carbocycles. The third-order valence-corrected chi connectivity index (χ3v) is 5.29. The molecule has 5 heteroatoms. The number of hydrogen-bond donors (Lipinski definition) is 1. The lowest BCUT2D eigenvalue weighted by Gasteiger charge is -2.23. The fourth-order valence-corrected chi connectivity index (χ4v) is 3.51. The van der Waals surface area contributed by atoms with Crippen LogP contribution in [0.2, 0.25) is 0 Å². The SMILES string of the molecule is CSc1nc2ccc(NC(=O)C3CCC3)cc2s1. The highest BCUT2D eigenvalue weighted by Gasteiger charge is 2.25. The van der Waals surface area contributed by atoms with Gasteiger partial charge in [-0.1, -0.05) is 18.2 Å². The number of nitrogens with one attached hydrogen (secondary N) is 1. The summed E-state index contributed by atoms with van der Waals surface area (Å²) in [6.07, 6.45) is 5.27. The molecule has 0 radical (unpaired) electrons. The zero-order valence-electron chi connectivity index (χ0n) is 10.1. The van der Waals surface area contributed by atoms with Crippen molar-refractivity contribution < 1.29 is 4.79 Å². The lowest BCUT2D eigenvalue weighted by molar-refractivity contribution is -0.122. The van der Waals surface area contributed by atoms with Crippen molar-refractivity contribution in [1.82, 2.24) is 4.98 Å². The van der Waals surface area contributed by atoms with Gasteiger partial charge in [-0.2, -0.15) is 0 Å². The molecule has 1 aliphatic rings. The normalized spacial score (nSPS) is 15.6. The Hall–Kier alpha value is -1.07. The quantitative estimate of drug-likeness (QED) is 0.869. The van der Waals surface area contributed by atoms with Gasteiger partial charge in [0.1, 0.15) is 0 Å². The Morgan fingerprint density at radius 3 is 3.00 bits per heavy atom. The molecular formula is C13H14N2OS2. The van der Waals surface area contributed by atoms with Crippen molar-refractivity contribution in [2.45, 2.75) is 23.6 Å². The fraction of sp³-hybridized carbons (Fsp3) is 0.385. The van der Waals surface area contributed by atoms with E-state index in [0.29, 0.717) is 0 Å². The van der Waals surface area contributed by atoms with E-state index in [-0.39, 0.29) is 11.8 Å². The number of amides is 1. The Bertz CT molecular complexity index is 590. The number of anilines is 1. The zero-order chi connectivity index (χ0) is 12.5. The van der Waals surface area contributed by atoms with Crippen molar-refractivity contribution in [2.75, 3.05) is 11.6 Å². The Kier molecular flexibility index (Phi) is 3.26. The number of carbonyl (C=O) groups is 1. The number of thiazole rings is 1. The van der Waals surface area contributed by atoms with Crippen molar-refractivity contribution in [3.8, 4) is 0 Å². The summed E-state index contributed by atoms with van der Waals surface area (Å²) in [5, 5.41) is 3.00. The first-order valence-electron chi connectivity index (χ1n) is 6.02. The second-order valence-electron chi connectivity index (χ2n) is 4.48. The number of hydrogen-bond acceptors (Lipinski definition) is 4. The van der Waals surface area contributed by atoms with E-state index >= 15 is 0 Å². The number of rotatable bonds is 3. The summed E-state index contributed by atoms with van der Waals surface area (Å²) in [4.78, 5) is 16.3. The molecule has 1 fully saturated rings. The predicted molar refractivity (Wildman–Crippen MR) is 77.4 cm³/mol. The van der Waals surface area contributed by atoms with E-state index in [1.165, 1.54) is 6.42 Å². The van der Waals surface area contributed by atoms with E-state index in [0.717, 1.165) is 33.1 Å². The lowest BCUT2D eigenvalue weighted by atomic mass is 9.85. The standard InChI is InChI=1S/C13H14N2OS2/c1-17-13-15-10-6-5-9(7-11(10)18-13)14-12(16)8-3-2-4-8/h5-8H,2-4H2,1H3,(H,14,16). The van der Waals surface area contributed by atoms with Gasteiger partial charge >= 0.3 is 0 Å². The Balaban J connectivity index is 1.81. The summed E-state index contributed by atoms with van der Waals surface area (Å²) in [7, 11) is 0. The first-order valence-corrected chi connectivity index (χ1v) is 8.06. The maximum atomic E-state index is 11.9. The maximum absolute atomic E-state index is 11.9. The van der Waals surface area contributed by atoms with Gasteiger partial charge in [-0.3, -0.25) is 4.79 Å². The highest BCUT2D eigenvalue weighted by atomic mass is 32.2. The van der Waals surface area contributed by atoms with Crippen LogP contribution in [0.15, 0.2) is 22.5 Å². The Morgan fingerprint density at radius 2 is 2.33 bits per heavy atom. The monoisotopic (exact) mass is 278 g/mol. The van der Waals surface area contributed by atoms with Crippen LogP contribution in [-0.4, -0.2) is 17.1 Å². The van der Waals surface area contributed by atoms with Crippen LogP contribution in [0, 0.1) is 5.92 Å². The first kappa shape index (κ1) is 12.0. The molecule has 1 aromatic heterocycles. The molecule has 0 saturated heterocycles. The molecule has 94 valence electrons. The van der Waals surface area contributed by atoms with Crippen LogP contribution in [0.4, 0.5) is 5.69 Å². The van der Waals surface area contributed by atoms with Gasteiger partial charge in [-0.25, -0.2) is 4.98 Å². The molecule has 2 aromatic rings. The molecule has 1 aliphatic carbocycles. The molecular weight excluding hydrogens is 264 g/mol. The van der Waals surface area contributed by atoms with Gasteiger partial charge in [0.25, 0.3) is 0 Å². The topological polar surface area (TPSA) is 42.0 Å². The summed E-state index contributed by atoms with van der Waals surface area (Å²) in [6.45, 7) is 0. The lowest BCUT2D eigenvalue weighted by Crippen LogP contribution is -2.27. The van der Waals surface area contributed by atoms with E-state index in [9.17, 15) is 4.79 Å². The number of fused-ring (bicyclic) bond motifs is 1. The summed E-state index contributed by atoms with van der Waals surface area (Å²) in [5.74, 6) is 0.388. The summed E-state index contributed by atoms with van der Waals surface area (Å²) >= 11 is 3.32. The van der Waals surface area contributed by atoms with Crippen molar-refractivity contribution in [2.24, 2.45) is 5.92 Å². The second-order valence-corrected chi connectivity index (χ2v) is 6.57. The van der Waals surface area contributed by atoms with Crippen LogP contribution in [0.1, 0.15) is 19.3 Å². The van der Waals surface area contributed by atoms with Crippen LogP contribution in [0.5, 0.6) is 0 Å². The van der Waals surface area contributed by atoms with E-state index < -0.39 is 0 Å². The summed E-state index contributed by atoms with van der Waals surface area (Å²) < 4.78 is 2.19. The number of thioether (sulfide) groups is 1. The number of nitrogens with zero attached hydrogens (tertiary/aromatic N) is 1. The Morgan fingerprint density at radius 1 is 1.50 bits per heavy atom. The summed E-state index contributed by atoms with van der Waals surface area (Å²) in [5.41, 5.74) is 1.89. The molecule has 3 nitrogen and oxygen atoms in total. The van der Waals surface area contributed by atoms with Crippen molar-refractivity contribution in [3.05, 3.63) is 18.2 Å². The predicted octanol–water partition coefficient (Wildman–Crippen LogP) is 3.76. The molecule has 18 heavy (non-hydrogen) atoms. The van der Waals surface area contributed by atoms with Gasteiger partial charge in [0.2, 0.25) is 5.91 Å². The zero-order valence-corrected chi connectivity index (χ0v) is 11.7. The number of benzene rings is 1. The highest BCUT2D eigenvalue weighted by Crippen LogP contribution is 2.31. The molecule has 1 heterocycles. The smallest absolute Gasteiger partial charge is 0.227 e. The molecule has 0 spiro atoms. The van der Waals surface area contributed by atoms with Crippen LogP contribution in [0.3, 0.4) is 0 Å². The third kappa shape index (κ3) is 2.24. The van der Waals surface area contributed by atoms with E-state index in [1.807, 2.05) is 24.5 Å². The van der Waals surface area contributed by atoms with Crippen LogP contribution >= 0.6 is 23.1 Å². The van der Waals surface area contributed by atoms with Crippen LogP contribution in [0.25, 0.3) is 10.2 Å². The molecule has 0 unspecified atom stereocenters. The maximum Gasteiger partial charge on any atom is 0.227 e. The van der Waals surface area contributed by atoms with E-state index in [4.69, 9.17) is 0 Å². The summed E-state index contributed by atoms with van der Waals surface area (Å²) in [6, 6.07) is 5.92. The van der Waals surface area contributed by atoms with Gasteiger partial charge < -0.3 is 5.32 Å². The average molecular weight is 278 g/mol. The number of aromatic nitrogens is 1. The second kappa shape index (κ2) is 4.90. The molecule has 0 bridgehead atoms. The highest BCUT2D eigenvalue weighted by molar-refractivity contribution is 8.00. The fourth-order valence-electron chi connectivity index (χ4n) is 1.98. The minimum absolute atomic E-state index is 0.162. The van der Waals surface area contributed by atoms with Gasteiger partial charge in [0, 0.05) is 11.6 Å². The molecule has 1 saturated carbocycles. The van der Waals surface area contributed by atoms with Gasteiger partial charge in [-0.15, -0.1) is 11.3 Å². The van der Waals surface area contributed by atoms with Crippen molar-refractivity contribution in [3.63, 3.8) is 0 Å². The molecule has 0 atom stereocenters. The van der Waals surface area contributed by atoms with Gasteiger partial charge in [0.05, 0.1) is 10.2 Å². The molecule has 0 aliphatic heterocycles. The number of carbonyl (C=O) groups excluding carboxylic acids is 1. The average Bonchev–Trinajstić information content (AvgIpc) is 2.68. The van der Waals surface area contributed by atoms with Crippen molar-refractivity contribution in [1.29, 1.82) is 0 Å². The Labute approximate surface area is 114 Å². The first-order chi connectivity index (χ1) is 8.76. The van der Waals surface area contributed by atoms with Crippen LogP contribution < -0.4 is 5.32 Å². The third-order valence-electron chi connectivity index (χ3n) is 3.29. The largest absolute Gasteiger partial charge is 0.326 e. The molecule has 1 amide bonds. The van der Waals surface area contributed by atoms with Gasteiger partial charge in [0.15, 0.2) is 4.34 Å². The molecule has 3 rings (SSSR count). The van der Waals surface area contributed by atoms with E-state index in [1.54, 1.807) is 23.1 Å². The van der Waals surface area contributed by atoms with E-state index in [2.05, 4.69) is 10.3 Å². The van der Waals surface area contributed by atoms with Gasteiger partial charge in [-0.05, 0) is 37.3 Å².